The van der Waals surface area contributed by atoms with Crippen LogP contribution < -0.4 is 0 Å². The van der Waals surface area contributed by atoms with Crippen molar-refractivity contribution in [2.24, 2.45) is 5.41 Å². The lowest BCUT2D eigenvalue weighted by Crippen LogP contribution is -2.35. The molecule has 0 saturated carbocycles. The number of rotatable bonds is 13. The summed E-state index contributed by atoms with van der Waals surface area (Å²) in [6.45, 7) is 20.8. The van der Waals surface area contributed by atoms with Gasteiger partial charge in [-0.25, -0.2) is 0 Å². The first kappa shape index (κ1) is 36.5. The average Bonchev–Trinajstić information content (AvgIpc) is 2.89. The van der Waals surface area contributed by atoms with Gasteiger partial charge in [-0.3, -0.25) is 4.79 Å². The van der Waals surface area contributed by atoms with Crippen molar-refractivity contribution in [1.29, 1.82) is 0 Å². The quantitative estimate of drug-likeness (QED) is 0.178. The van der Waals surface area contributed by atoms with Gasteiger partial charge in [-0.2, -0.15) is 0 Å². The highest BCUT2D eigenvalue weighted by Gasteiger charge is 2.36. The van der Waals surface area contributed by atoms with Crippen LogP contribution in [0.3, 0.4) is 0 Å². The molecule has 2 heteroatoms. The first-order valence-corrected chi connectivity index (χ1v) is 15.0. The van der Waals surface area contributed by atoms with Crippen LogP contribution in [-0.2, 0) is 4.79 Å². The maximum Gasteiger partial charge on any atom is 0.187 e. The summed E-state index contributed by atoms with van der Waals surface area (Å²) in [6, 6.07) is 0. The first-order chi connectivity index (χ1) is 19.7. The predicted octanol–water partition coefficient (Wildman–Crippen LogP) is 10.9. The normalized spacial score (nSPS) is 20.0. The van der Waals surface area contributed by atoms with Gasteiger partial charge in [-0.05, 0) is 91.2 Å². The van der Waals surface area contributed by atoms with Crippen LogP contribution in [0.2, 0.25) is 0 Å². The number of Topliss-reactive ketones (excluding diaryl/α,β-unsaturated/α-hetero) is 1. The molecule has 0 aromatic carbocycles. The summed E-state index contributed by atoms with van der Waals surface area (Å²) in [5, 5.41) is 10.0. The summed E-state index contributed by atoms with van der Waals surface area (Å²) < 4.78 is 0. The van der Waals surface area contributed by atoms with Gasteiger partial charge in [0, 0.05) is 0 Å². The van der Waals surface area contributed by atoms with Gasteiger partial charge in [-0.15, -0.1) is 0 Å². The van der Waals surface area contributed by atoms with E-state index >= 15 is 0 Å². The van der Waals surface area contributed by atoms with E-state index in [2.05, 4.69) is 134 Å². The van der Waals surface area contributed by atoms with E-state index in [0.717, 1.165) is 29.6 Å². The minimum atomic E-state index is -0.893. The predicted molar refractivity (Wildman–Crippen MR) is 185 cm³/mol. The molecule has 1 aliphatic rings. The van der Waals surface area contributed by atoms with Gasteiger partial charge in [0.15, 0.2) is 5.78 Å². The number of carbonyl (C=O) groups is 1. The van der Waals surface area contributed by atoms with Crippen LogP contribution in [0.25, 0.3) is 0 Å². The Bertz CT molecular complexity index is 1300. The summed E-state index contributed by atoms with van der Waals surface area (Å²) in [5.41, 5.74) is 8.85. The molecule has 0 aromatic rings. The highest BCUT2D eigenvalue weighted by molar-refractivity contribution is 6.00. The van der Waals surface area contributed by atoms with Gasteiger partial charge in [0.1, 0.15) is 6.10 Å². The summed E-state index contributed by atoms with van der Waals surface area (Å²) in [6.07, 6.45) is 35.4. The lowest BCUT2D eigenvalue weighted by atomic mass is 9.71. The Morgan fingerprint density at radius 1 is 0.738 bits per heavy atom. The molecule has 0 bridgehead atoms. The summed E-state index contributed by atoms with van der Waals surface area (Å²) in [5.74, 6) is -0.162. The Kier molecular flexibility index (Phi) is 16.4. The lowest BCUT2D eigenvalue weighted by molar-refractivity contribution is -0.125. The second-order valence-electron chi connectivity index (χ2n) is 12.3. The zero-order chi connectivity index (χ0) is 31.7. The van der Waals surface area contributed by atoms with Gasteiger partial charge in [0.25, 0.3) is 0 Å². The fourth-order valence-electron chi connectivity index (χ4n) is 4.52. The summed E-state index contributed by atoms with van der Waals surface area (Å²) >= 11 is 0. The Balaban J connectivity index is 2.64. The molecular formula is C40H54O2. The number of carbonyl (C=O) groups excluding carboxylic acids is 1. The summed E-state index contributed by atoms with van der Waals surface area (Å²) in [4.78, 5) is 12.2. The third-order valence-corrected chi connectivity index (χ3v) is 7.12. The average molecular weight is 567 g/mol. The van der Waals surface area contributed by atoms with Gasteiger partial charge in [0.2, 0.25) is 0 Å². The van der Waals surface area contributed by atoms with Crippen LogP contribution >= 0.6 is 0 Å². The molecule has 226 valence electrons. The van der Waals surface area contributed by atoms with Crippen molar-refractivity contribution in [2.75, 3.05) is 0 Å². The second-order valence-corrected chi connectivity index (χ2v) is 12.3. The van der Waals surface area contributed by atoms with E-state index < -0.39 is 6.10 Å². The third kappa shape index (κ3) is 14.9. The minimum Gasteiger partial charge on any atom is -0.385 e. The number of hydrogen-bond donors (Lipinski definition) is 1. The standard InChI is InChI=1S/C40H54O2/c1-30(2)17-13-20-33(5)23-15-25-34(6)24-14-21-31(3)18-11-12-19-32(4)22-16-26-35(7)27-28-37-36(8)39(42)38(41)29-40(37,9)10/h11-12,14-19,21-28,38,41H,13,20,29H2,1-10H3/b12-11+,21-14+,22-16+,25-15-,28-27+,31-18+,32-19+,33-23+,34-24+,35-26+. The molecular weight excluding hydrogens is 512 g/mol. The van der Waals surface area contributed by atoms with E-state index in [9.17, 15) is 9.90 Å². The molecule has 1 N–H and O–H groups in total. The fraction of sp³-hybridized carbons (Fsp3) is 0.375. The van der Waals surface area contributed by atoms with Crippen LogP contribution in [0, 0.1) is 5.41 Å². The third-order valence-electron chi connectivity index (χ3n) is 7.12. The van der Waals surface area contributed by atoms with Crippen molar-refractivity contribution in [3.8, 4) is 0 Å². The monoisotopic (exact) mass is 566 g/mol. The van der Waals surface area contributed by atoms with Crippen LogP contribution in [0.4, 0.5) is 0 Å². The van der Waals surface area contributed by atoms with E-state index in [0.29, 0.717) is 12.0 Å². The largest absolute Gasteiger partial charge is 0.385 e. The van der Waals surface area contributed by atoms with Crippen LogP contribution in [0.1, 0.15) is 88.5 Å². The molecule has 0 heterocycles. The smallest absolute Gasteiger partial charge is 0.187 e. The van der Waals surface area contributed by atoms with E-state index in [1.165, 1.54) is 22.3 Å². The molecule has 0 spiro atoms. The van der Waals surface area contributed by atoms with Crippen molar-refractivity contribution < 1.29 is 9.90 Å². The van der Waals surface area contributed by atoms with E-state index in [-0.39, 0.29) is 11.2 Å². The Morgan fingerprint density at radius 2 is 1.19 bits per heavy atom. The zero-order valence-electron chi connectivity index (χ0n) is 27.8. The van der Waals surface area contributed by atoms with Crippen molar-refractivity contribution in [3.63, 3.8) is 0 Å². The van der Waals surface area contributed by atoms with Crippen molar-refractivity contribution in [1.82, 2.24) is 0 Å². The van der Waals surface area contributed by atoms with E-state index in [1.54, 1.807) is 0 Å². The minimum absolute atomic E-state index is 0.162. The van der Waals surface area contributed by atoms with Crippen molar-refractivity contribution in [2.45, 2.75) is 94.6 Å². The topological polar surface area (TPSA) is 37.3 Å². The first-order valence-electron chi connectivity index (χ1n) is 15.0. The Morgan fingerprint density at radius 3 is 1.69 bits per heavy atom. The van der Waals surface area contributed by atoms with Gasteiger partial charge < -0.3 is 5.11 Å². The number of aliphatic hydroxyl groups excluding tert-OH is 1. The molecule has 42 heavy (non-hydrogen) atoms. The van der Waals surface area contributed by atoms with E-state index in [4.69, 9.17) is 0 Å². The van der Waals surface area contributed by atoms with Crippen LogP contribution in [0.15, 0.2) is 142 Å². The number of ketones is 1. The molecule has 0 aromatic heterocycles. The van der Waals surface area contributed by atoms with Gasteiger partial charge in [0.05, 0.1) is 0 Å². The number of allylic oxidation sites excluding steroid dienone is 23. The molecule has 0 amide bonds. The molecule has 0 radical (unpaired) electrons. The maximum atomic E-state index is 12.2. The van der Waals surface area contributed by atoms with Gasteiger partial charge >= 0.3 is 0 Å². The Labute approximate surface area is 257 Å². The highest BCUT2D eigenvalue weighted by atomic mass is 16.3. The van der Waals surface area contributed by atoms with Crippen molar-refractivity contribution >= 4 is 5.78 Å². The summed E-state index contributed by atoms with van der Waals surface area (Å²) in [7, 11) is 0. The van der Waals surface area contributed by atoms with Gasteiger partial charge in [-0.1, -0.05) is 145 Å². The second kappa shape index (κ2) is 18.8. The molecule has 1 unspecified atom stereocenters. The number of aliphatic hydroxyl groups is 1. The molecule has 0 aliphatic heterocycles. The lowest BCUT2D eigenvalue weighted by Gasteiger charge is -2.34. The molecule has 0 fully saturated rings. The van der Waals surface area contributed by atoms with Crippen LogP contribution in [-0.4, -0.2) is 17.0 Å². The SMILES string of the molecule is CC(C)=CCC/C(C)=C/C=C\C(C)=C\C=C\C(C)=C\C=C\C=C(C)\C=C\C=C(C)\C=C\C1=C(C)C(=O)C(O)CC1(C)C. The molecule has 1 atom stereocenters. The highest BCUT2D eigenvalue weighted by Crippen LogP contribution is 2.39. The van der Waals surface area contributed by atoms with E-state index in [1.807, 2.05) is 32.1 Å². The maximum absolute atomic E-state index is 12.2. The molecule has 1 aliphatic carbocycles. The van der Waals surface area contributed by atoms with Crippen LogP contribution in [0.5, 0.6) is 0 Å². The number of hydrogen-bond acceptors (Lipinski definition) is 2. The molecule has 1 rings (SSSR count). The molecule has 0 saturated heterocycles. The fourth-order valence-corrected chi connectivity index (χ4v) is 4.52. The van der Waals surface area contributed by atoms with Crippen molar-refractivity contribution in [3.05, 3.63) is 142 Å². The molecule has 2 nitrogen and oxygen atoms in total. The zero-order valence-corrected chi connectivity index (χ0v) is 27.8. The Hall–Kier alpha value is -3.49.